The fourth-order valence-electron chi connectivity index (χ4n) is 3.19. The fourth-order valence-corrected chi connectivity index (χ4v) is 4.10. The van der Waals surface area contributed by atoms with Crippen molar-refractivity contribution in [2.45, 2.75) is 27.7 Å². The summed E-state index contributed by atoms with van der Waals surface area (Å²) in [5.41, 5.74) is 1.29. The van der Waals surface area contributed by atoms with Crippen molar-refractivity contribution in [3.05, 3.63) is 62.9 Å². The smallest absolute Gasteiger partial charge is 0.308 e. The van der Waals surface area contributed by atoms with Crippen LogP contribution in [0.2, 0.25) is 0 Å². The molecule has 4 aromatic rings. The SMILES string of the molecule is CCOc1cc(/C=c2/sc3nc(-c4ccc(OCC(C)C)cc4)nn3c2=O)ccc1OC(C)=O. The van der Waals surface area contributed by atoms with Crippen molar-refractivity contribution in [3.63, 3.8) is 0 Å². The van der Waals surface area contributed by atoms with Crippen molar-refractivity contribution in [3.8, 4) is 28.6 Å². The lowest BCUT2D eigenvalue weighted by Crippen LogP contribution is -2.23. The normalized spacial score (nSPS) is 11.9. The first-order valence-corrected chi connectivity index (χ1v) is 11.8. The Hall–Kier alpha value is -3.72. The van der Waals surface area contributed by atoms with Crippen molar-refractivity contribution in [2.24, 2.45) is 5.92 Å². The van der Waals surface area contributed by atoms with Crippen LogP contribution in [0, 0.1) is 5.92 Å². The molecule has 4 rings (SSSR count). The van der Waals surface area contributed by atoms with Crippen LogP contribution in [-0.2, 0) is 4.79 Å². The minimum atomic E-state index is -0.432. The van der Waals surface area contributed by atoms with Crippen LogP contribution < -0.4 is 24.3 Å². The van der Waals surface area contributed by atoms with Gasteiger partial charge >= 0.3 is 5.97 Å². The molecule has 0 amide bonds. The number of hydrogen-bond acceptors (Lipinski definition) is 8. The largest absolute Gasteiger partial charge is 0.493 e. The molecular formula is C25H25N3O5S. The standard InChI is InChI=1S/C25H25N3O5S/c1-5-31-21-12-17(6-11-20(21)33-16(4)29)13-22-24(30)28-25(34-22)26-23(27-28)18-7-9-19(10-8-18)32-14-15(2)3/h6-13,15H,5,14H2,1-4H3/b22-13+. The minimum absolute atomic E-state index is 0.252. The molecule has 0 saturated heterocycles. The lowest BCUT2D eigenvalue weighted by Gasteiger charge is -2.10. The van der Waals surface area contributed by atoms with Crippen molar-refractivity contribution >= 4 is 28.3 Å². The number of rotatable bonds is 8. The van der Waals surface area contributed by atoms with Gasteiger partial charge in [0.1, 0.15) is 5.75 Å². The molecule has 176 valence electrons. The highest BCUT2D eigenvalue weighted by atomic mass is 32.1. The average Bonchev–Trinajstić information content (AvgIpc) is 3.34. The number of carbonyl (C=O) groups excluding carboxylic acids is 1. The molecule has 0 atom stereocenters. The molecule has 0 saturated carbocycles. The summed E-state index contributed by atoms with van der Waals surface area (Å²) in [6.07, 6.45) is 1.74. The summed E-state index contributed by atoms with van der Waals surface area (Å²) in [6, 6.07) is 12.6. The van der Waals surface area contributed by atoms with Crippen LogP contribution in [0.1, 0.15) is 33.3 Å². The van der Waals surface area contributed by atoms with E-state index in [1.54, 1.807) is 24.3 Å². The molecule has 2 aromatic carbocycles. The first kappa shape index (κ1) is 23.4. The van der Waals surface area contributed by atoms with Crippen LogP contribution in [-0.4, -0.2) is 33.8 Å². The molecule has 0 fully saturated rings. The van der Waals surface area contributed by atoms with E-state index in [2.05, 4.69) is 23.9 Å². The topological polar surface area (TPSA) is 92.0 Å². The summed E-state index contributed by atoms with van der Waals surface area (Å²) in [5.74, 6) is 2.04. The highest BCUT2D eigenvalue weighted by Gasteiger charge is 2.13. The van der Waals surface area contributed by atoms with Crippen LogP contribution in [0.15, 0.2) is 47.3 Å². The monoisotopic (exact) mass is 479 g/mol. The van der Waals surface area contributed by atoms with Crippen molar-refractivity contribution in [2.75, 3.05) is 13.2 Å². The van der Waals surface area contributed by atoms with E-state index in [0.29, 0.717) is 45.9 Å². The highest BCUT2D eigenvalue weighted by Crippen LogP contribution is 2.29. The van der Waals surface area contributed by atoms with Gasteiger partial charge in [0.15, 0.2) is 17.3 Å². The van der Waals surface area contributed by atoms with E-state index in [1.807, 2.05) is 31.2 Å². The quantitative estimate of drug-likeness (QED) is 0.281. The van der Waals surface area contributed by atoms with Crippen LogP contribution >= 0.6 is 11.3 Å². The van der Waals surface area contributed by atoms with E-state index in [-0.39, 0.29) is 5.56 Å². The maximum absolute atomic E-state index is 12.9. The predicted octanol–water partition coefficient (Wildman–Crippen LogP) is 3.72. The molecule has 0 N–H and O–H groups in total. The molecule has 9 heteroatoms. The molecule has 0 aliphatic heterocycles. The zero-order valence-corrected chi connectivity index (χ0v) is 20.2. The number of nitrogens with zero attached hydrogens (tertiary/aromatic N) is 3. The molecule has 2 aromatic heterocycles. The van der Waals surface area contributed by atoms with Gasteiger partial charge in [-0.1, -0.05) is 31.3 Å². The second-order valence-electron chi connectivity index (χ2n) is 8.01. The van der Waals surface area contributed by atoms with Gasteiger partial charge < -0.3 is 14.2 Å². The van der Waals surface area contributed by atoms with Crippen molar-refractivity contribution in [1.82, 2.24) is 14.6 Å². The minimum Gasteiger partial charge on any atom is -0.493 e. The third-order valence-corrected chi connectivity index (χ3v) is 5.66. The van der Waals surface area contributed by atoms with E-state index in [9.17, 15) is 9.59 Å². The number of carbonyl (C=O) groups is 1. The summed E-state index contributed by atoms with van der Waals surface area (Å²) < 4.78 is 18.3. The van der Waals surface area contributed by atoms with Crippen molar-refractivity contribution < 1.29 is 19.0 Å². The number of aromatic nitrogens is 3. The maximum Gasteiger partial charge on any atom is 0.308 e. The molecule has 0 aliphatic carbocycles. The molecule has 0 unspecified atom stereocenters. The van der Waals surface area contributed by atoms with E-state index < -0.39 is 5.97 Å². The molecular weight excluding hydrogens is 454 g/mol. The van der Waals surface area contributed by atoms with Crippen LogP contribution in [0.4, 0.5) is 0 Å². The van der Waals surface area contributed by atoms with Crippen LogP contribution in [0.5, 0.6) is 17.2 Å². The van der Waals surface area contributed by atoms with Crippen LogP contribution in [0.3, 0.4) is 0 Å². The Labute approximate surface area is 200 Å². The fraction of sp³-hybridized carbons (Fsp3) is 0.280. The van der Waals surface area contributed by atoms with E-state index in [0.717, 1.165) is 16.9 Å². The Bertz CT molecular complexity index is 1420. The third kappa shape index (κ3) is 5.26. The Morgan fingerprint density at radius 3 is 2.53 bits per heavy atom. The third-order valence-electron chi connectivity index (χ3n) is 4.70. The number of fused-ring (bicyclic) bond motifs is 1. The highest BCUT2D eigenvalue weighted by molar-refractivity contribution is 7.15. The number of hydrogen-bond donors (Lipinski definition) is 0. The van der Waals surface area contributed by atoms with E-state index >= 15 is 0 Å². The first-order chi connectivity index (χ1) is 16.3. The van der Waals surface area contributed by atoms with Crippen LogP contribution in [0.25, 0.3) is 22.4 Å². The molecule has 0 radical (unpaired) electrons. The second kappa shape index (κ2) is 10.0. The van der Waals surface area contributed by atoms with E-state index in [1.165, 1.54) is 22.8 Å². The molecule has 2 heterocycles. The summed E-state index contributed by atoms with van der Waals surface area (Å²) >= 11 is 1.25. The van der Waals surface area contributed by atoms with Gasteiger partial charge in [0, 0.05) is 12.5 Å². The van der Waals surface area contributed by atoms with Gasteiger partial charge in [0.05, 0.1) is 17.7 Å². The first-order valence-electron chi connectivity index (χ1n) is 10.9. The average molecular weight is 480 g/mol. The summed E-state index contributed by atoms with van der Waals surface area (Å²) in [5, 5.41) is 4.40. The molecule has 0 aliphatic rings. The molecule has 34 heavy (non-hydrogen) atoms. The van der Waals surface area contributed by atoms with Gasteiger partial charge in [-0.15, -0.1) is 5.10 Å². The Kier molecular flexibility index (Phi) is 6.93. The van der Waals surface area contributed by atoms with Gasteiger partial charge in [-0.3, -0.25) is 9.59 Å². The van der Waals surface area contributed by atoms with Gasteiger partial charge in [-0.25, -0.2) is 0 Å². The number of thiazole rings is 1. The predicted molar refractivity (Wildman–Crippen MR) is 131 cm³/mol. The summed E-state index contributed by atoms with van der Waals surface area (Å²) in [6.45, 7) is 8.42. The lowest BCUT2D eigenvalue weighted by atomic mass is 10.2. The molecule has 0 bridgehead atoms. The number of esters is 1. The van der Waals surface area contributed by atoms with Gasteiger partial charge in [-0.2, -0.15) is 9.50 Å². The number of benzene rings is 2. The molecule has 8 nitrogen and oxygen atoms in total. The lowest BCUT2D eigenvalue weighted by molar-refractivity contribution is -0.132. The summed E-state index contributed by atoms with van der Waals surface area (Å²) in [4.78, 5) is 29.3. The Morgan fingerprint density at radius 2 is 1.88 bits per heavy atom. The van der Waals surface area contributed by atoms with Gasteiger partial charge in [0.25, 0.3) is 5.56 Å². The molecule has 0 spiro atoms. The maximum atomic E-state index is 12.9. The Morgan fingerprint density at radius 1 is 1.12 bits per heavy atom. The van der Waals surface area contributed by atoms with Crippen molar-refractivity contribution in [1.29, 1.82) is 0 Å². The summed E-state index contributed by atoms with van der Waals surface area (Å²) in [7, 11) is 0. The van der Waals surface area contributed by atoms with E-state index in [4.69, 9.17) is 14.2 Å². The number of ether oxygens (including phenoxy) is 3. The Balaban J connectivity index is 1.62. The zero-order valence-electron chi connectivity index (χ0n) is 19.4. The second-order valence-corrected chi connectivity index (χ2v) is 9.02. The zero-order chi connectivity index (χ0) is 24.2. The van der Waals surface area contributed by atoms with Gasteiger partial charge in [-0.05, 0) is 60.9 Å². The van der Waals surface area contributed by atoms with Gasteiger partial charge in [0.2, 0.25) is 4.96 Å².